The minimum Gasteiger partial charge on any atom is -0.846 e. The third-order valence-electron chi connectivity index (χ3n) is 9.55. The molecule has 4 heterocycles. The number of aromatic nitrogens is 4. The molecule has 0 aliphatic carbocycles. The Bertz CT molecular complexity index is 2610. The molecule has 4 aromatic carbocycles. The fraction of sp³-hybridized carbons (Fsp3) is 0.167. The molecule has 0 saturated carbocycles. The minimum absolute atomic E-state index is 0. The maximum atomic E-state index is 12.3. The van der Waals surface area contributed by atoms with Crippen LogP contribution in [0.15, 0.2) is 142 Å². The van der Waals surface area contributed by atoms with Crippen molar-refractivity contribution in [3.05, 3.63) is 171 Å². The van der Waals surface area contributed by atoms with Gasteiger partial charge in [-0.15, -0.1) is 0 Å². The molecule has 1 saturated heterocycles. The van der Waals surface area contributed by atoms with Crippen LogP contribution < -0.4 is 96.5 Å². The van der Waals surface area contributed by atoms with Gasteiger partial charge in [0, 0.05) is 21.1 Å². The maximum Gasteiger partial charge on any atom is 1.00 e. The number of hydrogen-bond acceptors (Lipinski definition) is 11. The summed E-state index contributed by atoms with van der Waals surface area (Å²) in [6.07, 6.45) is 1.81. The van der Waals surface area contributed by atoms with Crippen LogP contribution >= 0.6 is 0 Å². The van der Waals surface area contributed by atoms with Gasteiger partial charge in [-0.1, -0.05) is 128 Å². The zero-order valence-corrected chi connectivity index (χ0v) is 38.2. The number of aliphatic imine (C=N–C) groups is 1. The Morgan fingerprint density at radius 3 is 1.48 bits per heavy atom. The van der Waals surface area contributed by atoms with Crippen molar-refractivity contribution in [2.45, 2.75) is 24.3 Å². The van der Waals surface area contributed by atoms with E-state index in [1.165, 1.54) is 30.1 Å². The first-order valence-corrected chi connectivity index (χ1v) is 17.9. The van der Waals surface area contributed by atoms with Gasteiger partial charge in [0.05, 0.1) is 18.3 Å². The molecule has 0 bridgehead atoms. The van der Waals surface area contributed by atoms with Gasteiger partial charge in [-0.3, -0.25) is 43.9 Å². The molecule has 0 spiro atoms. The van der Waals surface area contributed by atoms with Gasteiger partial charge in [0.25, 0.3) is 11.5 Å². The number of carboxylic acid groups (broad SMARTS) is 1. The molecule has 302 valence electrons. The number of hydrogen-bond donors (Lipinski definition) is 3. The minimum atomic E-state index is -1.31. The number of barbiturate groups is 1. The van der Waals surface area contributed by atoms with E-state index in [2.05, 4.69) is 25.9 Å². The molecule has 5 amide bonds. The number of carboxylic acids is 1. The number of amides is 5. The van der Waals surface area contributed by atoms with Gasteiger partial charge in [-0.05, 0) is 28.7 Å². The van der Waals surface area contributed by atoms with Crippen LogP contribution in [0.4, 0.5) is 4.79 Å². The van der Waals surface area contributed by atoms with E-state index in [9.17, 15) is 43.8 Å². The number of nitrogens with one attached hydrogen (secondary N) is 3. The number of urea groups is 1. The van der Waals surface area contributed by atoms with E-state index in [0.29, 0.717) is 34.3 Å². The average Bonchev–Trinajstić information content (AvgIpc) is 3.79. The number of rotatable bonds is 5. The van der Waals surface area contributed by atoms with Crippen molar-refractivity contribution in [1.29, 1.82) is 0 Å². The van der Waals surface area contributed by atoms with Crippen molar-refractivity contribution in [2.24, 2.45) is 26.1 Å². The zero-order chi connectivity index (χ0) is 42.9. The SMILES string of the molecule is CCC1(c2ccccc2)C(=O)NC(=O)NC1=O.Cn1c(=O)c2c(ncn2C)n(C)c1=O.O=C([O-])c1ccccc1.O=C1NC([O-])=NC1(c1ccccc1)c1ccccc1.[Na+].[Na+]. The van der Waals surface area contributed by atoms with E-state index >= 15 is 0 Å². The number of aryl methyl sites for hydroxylation is 2. The first kappa shape index (κ1) is 49.4. The number of aromatic carboxylic acids is 1. The van der Waals surface area contributed by atoms with Gasteiger partial charge >= 0.3 is 70.8 Å². The monoisotopic (exact) mass is 844 g/mol. The van der Waals surface area contributed by atoms with E-state index in [1.807, 2.05) is 36.4 Å². The van der Waals surface area contributed by atoms with Crippen LogP contribution in [-0.2, 0) is 46.5 Å². The molecule has 0 atom stereocenters. The van der Waals surface area contributed by atoms with Crippen molar-refractivity contribution >= 4 is 46.9 Å². The fourth-order valence-electron chi connectivity index (χ4n) is 6.44. The molecule has 61 heavy (non-hydrogen) atoms. The first-order valence-electron chi connectivity index (χ1n) is 17.9. The number of carbonyl (C=O) groups is 5. The second-order valence-electron chi connectivity index (χ2n) is 13.1. The molecule has 6 aromatic rings. The summed E-state index contributed by atoms with van der Waals surface area (Å²) in [5.74, 6) is -2.68. The topological polar surface area (TPSA) is 242 Å². The Hall–Kier alpha value is -5.95. The molecular weight excluding hydrogens is 806 g/mol. The molecule has 2 aliphatic heterocycles. The molecule has 8 rings (SSSR count). The number of nitrogens with zero attached hydrogens (tertiary/aromatic N) is 5. The Labute approximate surface area is 393 Å². The number of carbonyl (C=O) groups excluding carboxylic acids is 5. The summed E-state index contributed by atoms with van der Waals surface area (Å²) < 4.78 is 4.04. The summed E-state index contributed by atoms with van der Waals surface area (Å²) >= 11 is 0. The molecule has 2 aromatic heterocycles. The summed E-state index contributed by atoms with van der Waals surface area (Å²) in [7, 11) is 4.77. The normalized spacial score (nSPS) is 14.3. The Morgan fingerprint density at radius 2 is 1.08 bits per heavy atom. The van der Waals surface area contributed by atoms with E-state index < -0.39 is 46.7 Å². The summed E-state index contributed by atoms with van der Waals surface area (Å²) in [4.78, 5) is 88.6. The Morgan fingerprint density at radius 1 is 0.639 bits per heavy atom. The van der Waals surface area contributed by atoms with Crippen molar-refractivity contribution < 1.29 is 93.3 Å². The van der Waals surface area contributed by atoms with Gasteiger partial charge in [0.2, 0.25) is 11.8 Å². The second-order valence-corrected chi connectivity index (χ2v) is 13.1. The molecule has 2 aliphatic rings. The largest absolute Gasteiger partial charge is 1.00 e. The Kier molecular flexibility index (Phi) is 17.4. The third-order valence-corrected chi connectivity index (χ3v) is 9.55. The number of imide groups is 2. The summed E-state index contributed by atoms with van der Waals surface area (Å²) in [6, 6.07) is 33.6. The molecule has 17 nitrogen and oxygen atoms in total. The number of benzene rings is 4. The van der Waals surface area contributed by atoms with Crippen molar-refractivity contribution in [2.75, 3.05) is 0 Å². The van der Waals surface area contributed by atoms with Crippen LogP contribution in [0.3, 0.4) is 0 Å². The number of imidazole rings is 1. The number of amidine groups is 1. The van der Waals surface area contributed by atoms with Crippen molar-refractivity contribution in [3.63, 3.8) is 0 Å². The van der Waals surface area contributed by atoms with E-state index in [0.717, 1.165) is 4.57 Å². The van der Waals surface area contributed by atoms with Crippen LogP contribution in [0, 0.1) is 0 Å². The third kappa shape index (κ3) is 10.3. The van der Waals surface area contributed by atoms with Gasteiger partial charge in [0.15, 0.2) is 22.1 Å². The molecule has 0 radical (unpaired) electrons. The molecule has 19 heteroatoms. The van der Waals surface area contributed by atoms with Crippen LogP contribution in [0.25, 0.3) is 11.2 Å². The van der Waals surface area contributed by atoms with Crippen LogP contribution in [0.1, 0.15) is 40.4 Å². The average molecular weight is 845 g/mol. The van der Waals surface area contributed by atoms with E-state index in [4.69, 9.17) is 0 Å². The van der Waals surface area contributed by atoms with Crippen LogP contribution in [-0.4, -0.2) is 54.4 Å². The molecular formula is C42H38N8Na2O9. The quantitative estimate of drug-likeness (QED) is 0.110. The number of fused-ring (bicyclic) bond motifs is 1. The van der Waals surface area contributed by atoms with Crippen LogP contribution in [0.5, 0.6) is 0 Å². The predicted molar refractivity (Wildman–Crippen MR) is 211 cm³/mol. The van der Waals surface area contributed by atoms with Crippen molar-refractivity contribution in [1.82, 2.24) is 34.6 Å². The standard InChI is InChI=1S/C15H12N2O2.C12H12N2O3.C8H10N4O2.C7H6O2.2Na/c18-13-15(17-14(19)16-13,11-7-3-1-4-8-11)12-9-5-2-6-10-12;1-2-12(8-6-4-3-5-7-8)9(15)13-11(17)14-10(12)16;1-10-4-9-6-5(10)7(13)12(3)8(14)11(6)2;8-7(9)6-4-2-1-3-5-6;;/h1-10H,(H2,16,17,18,19);3-7H,2H2,1H3,(H2,13,14,15,16,17);4H,1-3H3;1-5H,(H,8,9);;/q;;;;2*+1/p-2. The van der Waals surface area contributed by atoms with Gasteiger partial charge in [-0.25, -0.2) is 14.6 Å². The summed E-state index contributed by atoms with van der Waals surface area (Å²) in [6.45, 7) is 1.74. The fourth-order valence-corrected chi connectivity index (χ4v) is 6.44. The molecule has 3 N–H and O–H groups in total. The van der Waals surface area contributed by atoms with Gasteiger partial charge in [0.1, 0.15) is 0 Å². The Balaban J connectivity index is 0.000000221. The summed E-state index contributed by atoms with van der Waals surface area (Å²) in [5.41, 5.74) is -0.217. The van der Waals surface area contributed by atoms with Crippen molar-refractivity contribution in [3.8, 4) is 0 Å². The van der Waals surface area contributed by atoms with Gasteiger partial charge < -0.3 is 24.9 Å². The second kappa shape index (κ2) is 21.5. The van der Waals surface area contributed by atoms with E-state index in [-0.39, 0.29) is 75.9 Å². The molecule has 0 unspecified atom stereocenters. The van der Waals surface area contributed by atoms with E-state index in [1.54, 1.807) is 98.4 Å². The van der Waals surface area contributed by atoms with Crippen LogP contribution in [0.2, 0.25) is 0 Å². The molecule has 1 fully saturated rings. The first-order chi connectivity index (χ1) is 28.2. The van der Waals surface area contributed by atoms with Gasteiger partial charge in [-0.2, -0.15) is 0 Å². The smallest absolute Gasteiger partial charge is 0.846 e. The zero-order valence-electron chi connectivity index (χ0n) is 34.2. The predicted octanol–water partition coefficient (Wildman–Crippen LogP) is -5.49. The maximum absolute atomic E-state index is 12.3. The summed E-state index contributed by atoms with van der Waals surface area (Å²) in [5, 5.41) is 28.1.